The number of para-hydroxylation sites is 1. The highest BCUT2D eigenvalue weighted by atomic mass is 16.5. The van der Waals surface area contributed by atoms with E-state index in [9.17, 15) is 4.79 Å². The normalized spacial score (nSPS) is 20.3. The highest BCUT2D eigenvalue weighted by Gasteiger charge is 2.31. The minimum Gasteiger partial charge on any atom is -0.393 e. The molecule has 1 aliphatic rings. The van der Waals surface area contributed by atoms with Crippen molar-refractivity contribution < 1.29 is 14.6 Å². The monoisotopic (exact) mass is 249 g/mol. The molecule has 1 atom stereocenters. The van der Waals surface area contributed by atoms with Gasteiger partial charge in [-0.3, -0.25) is 4.79 Å². The number of hydrogen-bond donors (Lipinski definition) is 1. The van der Waals surface area contributed by atoms with Gasteiger partial charge in [0.25, 0.3) is 5.91 Å². The highest BCUT2D eigenvalue weighted by molar-refractivity contribution is 5.98. The predicted molar refractivity (Wildman–Crippen MR) is 69.7 cm³/mol. The molecule has 0 radical (unpaired) electrons. The molecule has 1 heterocycles. The van der Waals surface area contributed by atoms with Crippen molar-refractivity contribution in [2.45, 2.75) is 26.4 Å². The Bertz CT molecular complexity index is 445. The molecule has 1 unspecified atom stereocenters. The number of amides is 1. The predicted octanol–water partition coefficient (Wildman–Crippen LogP) is 1.28. The number of benzene rings is 1. The van der Waals surface area contributed by atoms with Crippen LogP contribution in [0.15, 0.2) is 18.2 Å². The fraction of sp³-hybridized carbons (Fsp3) is 0.500. The van der Waals surface area contributed by atoms with Gasteiger partial charge in [-0.15, -0.1) is 0 Å². The van der Waals surface area contributed by atoms with Crippen molar-refractivity contribution in [3.05, 3.63) is 29.3 Å². The van der Waals surface area contributed by atoms with Crippen molar-refractivity contribution >= 4 is 11.6 Å². The molecule has 1 aliphatic heterocycles. The van der Waals surface area contributed by atoms with Crippen molar-refractivity contribution in [3.63, 3.8) is 0 Å². The fourth-order valence-corrected chi connectivity index (χ4v) is 2.39. The lowest BCUT2D eigenvalue weighted by atomic mass is 10.0. The first-order chi connectivity index (χ1) is 8.69. The van der Waals surface area contributed by atoms with Gasteiger partial charge in [0.15, 0.2) is 6.10 Å². The third-order valence-corrected chi connectivity index (χ3v) is 3.31. The second kappa shape index (κ2) is 5.50. The Morgan fingerprint density at radius 2 is 2.28 bits per heavy atom. The van der Waals surface area contributed by atoms with E-state index < -0.39 is 6.10 Å². The summed E-state index contributed by atoms with van der Waals surface area (Å²) in [6, 6.07) is 6.05. The van der Waals surface area contributed by atoms with E-state index in [1.807, 2.05) is 25.1 Å². The molecule has 0 bridgehead atoms. The minimum absolute atomic E-state index is 0.146. The van der Waals surface area contributed by atoms with Crippen LogP contribution in [-0.4, -0.2) is 36.9 Å². The van der Waals surface area contributed by atoms with Crippen molar-refractivity contribution in [1.29, 1.82) is 0 Å². The number of hydrogen-bond acceptors (Lipinski definition) is 3. The molecule has 1 aromatic rings. The number of aryl methyl sites for hydroxylation is 2. The van der Waals surface area contributed by atoms with Gasteiger partial charge in [-0.05, 0) is 24.5 Å². The lowest BCUT2D eigenvalue weighted by Gasteiger charge is -2.33. The van der Waals surface area contributed by atoms with E-state index in [4.69, 9.17) is 9.84 Å². The average molecular weight is 249 g/mol. The maximum Gasteiger partial charge on any atom is 0.258 e. The molecule has 1 fully saturated rings. The summed E-state index contributed by atoms with van der Waals surface area (Å²) in [5.74, 6) is -0.146. The van der Waals surface area contributed by atoms with E-state index in [0.717, 1.165) is 23.2 Å². The first kappa shape index (κ1) is 13.1. The lowest BCUT2D eigenvalue weighted by Crippen LogP contribution is -2.50. The van der Waals surface area contributed by atoms with Crippen LogP contribution in [0.2, 0.25) is 0 Å². The average Bonchev–Trinajstić information content (AvgIpc) is 2.39. The SMILES string of the molecule is CCc1cccc(C)c1N1CCOC(CO)C1=O. The smallest absolute Gasteiger partial charge is 0.258 e. The van der Waals surface area contributed by atoms with Crippen molar-refractivity contribution in [3.8, 4) is 0 Å². The Kier molecular flexibility index (Phi) is 3.99. The number of aliphatic hydroxyl groups excluding tert-OH is 1. The molecule has 0 aliphatic carbocycles. The minimum atomic E-state index is -0.719. The zero-order valence-corrected chi connectivity index (χ0v) is 10.8. The highest BCUT2D eigenvalue weighted by Crippen LogP contribution is 2.27. The van der Waals surface area contributed by atoms with Crippen LogP contribution in [0.25, 0.3) is 0 Å². The summed E-state index contributed by atoms with van der Waals surface area (Å²) in [4.78, 5) is 14.0. The van der Waals surface area contributed by atoms with E-state index >= 15 is 0 Å². The molecule has 1 N–H and O–H groups in total. The van der Waals surface area contributed by atoms with Gasteiger partial charge < -0.3 is 14.7 Å². The first-order valence-electron chi connectivity index (χ1n) is 6.31. The van der Waals surface area contributed by atoms with E-state index in [2.05, 4.69) is 6.92 Å². The second-order valence-electron chi connectivity index (χ2n) is 4.47. The van der Waals surface area contributed by atoms with Crippen LogP contribution in [0, 0.1) is 6.92 Å². The van der Waals surface area contributed by atoms with Crippen molar-refractivity contribution in [2.75, 3.05) is 24.7 Å². The number of morpholine rings is 1. The van der Waals surface area contributed by atoms with Crippen LogP contribution < -0.4 is 4.90 Å². The summed E-state index contributed by atoms with van der Waals surface area (Å²) in [6.45, 7) is 4.84. The number of carbonyl (C=O) groups excluding carboxylic acids is 1. The van der Waals surface area contributed by atoms with Gasteiger partial charge in [0.1, 0.15) is 0 Å². The lowest BCUT2D eigenvalue weighted by molar-refractivity contribution is -0.136. The largest absolute Gasteiger partial charge is 0.393 e. The summed E-state index contributed by atoms with van der Waals surface area (Å²) in [5.41, 5.74) is 3.22. The van der Waals surface area contributed by atoms with E-state index in [-0.39, 0.29) is 12.5 Å². The molecule has 4 nitrogen and oxygen atoms in total. The number of carbonyl (C=O) groups is 1. The molecule has 4 heteroatoms. The zero-order chi connectivity index (χ0) is 13.1. The molecular weight excluding hydrogens is 230 g/mol. The Balaban J connectivity index is 2.38. The summed E-state index contributed by atoms with van der Waals surface area (Å²) in [6.07, 6.45) is 0.161. The topological polar surface area (TPSA) is 49.8 Å². The van der Waals surface area contributed by atoms with Gasteiger partial charge in [-0.1, -0.05) is 25.1 Å². The number of aliphatic hydroxyl groups is 1. The number of anilines is 1. The molecule has 0 spiro atoms. The molecule has 18 heavy (non-hydrogen) atoms. The Morgan fingerprint density at radius 3 is 2.94 bits per heavy atom. The summed E-state index contributed by atoms with van der Waals surface area (Å²) >= 11 is 0. The molecule has 0 saturated carbocycles. The summed E-state index contributed by atoms with van der Waals surface area (Å²) < 4.78 is 5.26. The summed E-state index contributed by atoms with van der Waals surface area (Å²) in [7, 11) is 0. The maximum absolute atomic E-state index is 12.2. The maximum atomic E-state index is 12.2. The third kappa shape index (κ3) is 2.26. The molecule has 98 valence electrons. The Morgan fingerprint density at radius 1 is 1.50 bits per heavy atom. The van der Waals surface area contributed by atoms with Gasteiger partial charge >= 0.3 is 0 Å². The third-order valence-electron chi connectivity index (χ3n) is 3.31. The zero-order valence-electron chi connectivity index (χ0n) is 10.8. The van der Waals surface area contributed by atoms with Crippen LogP contribution in [0.1, 0.15) is 18.1 Å². The van der Waals surface area contributed by atoms with Gasteiger partial charge in [0, 0.05) is 12.2 Å². The fourth-order valence-electron chi connectivity index (χ4n) is 2.39. The van der Waals surface area contributed by atoms with Gasteiger partial charge in [0.2, 0.25) is 0 Å². The van der Waals surface area contributed by atoms with Gasteiger partial charge in [0.05, 0.1) is 13.2 Å². The molecule has 1 aromatic carbocycles. The Hall–Kier alpha value is -1.39. The van der Waals surface area contributed by atoms with Crippen LogP contribution in [0.3, 0.4) is 0 Å². The Labute approximate surface area is 107 Å². The standard InChI is InChI=1S/C14H19NO3/c1-3-11-6-4-5-10(2)13(11)15-7-8-18-12(9-16)14(15)17/h4-6,12,16H,3,7-9H2,1-2H3. The van der Waals surface area contributed by atoms with E-state index in [1.54, 1.807) is 4.90 Å². The van der Waals surface area contributed by atoms with Gasteiger partial charge in [-0.25, -0.2) is 0 Å². The van der Waals surface area contributed by atoms with Crippen LogP contribution in [0.5, 0.6) is 0 Å². The van der Waals surface area contributed by atoms with Crippen LogP contribution >= 0.6 is 0 Å². The molecular formula is C14H19NO3. The van der Waals surface area contributed by atoms with Crippen molar-refractivity contribution in [1.82, 2.24) is 0 Å². The molecule has 1 amide bonds. The quantitative estimate of drug-likeness (QED) is 0.878. The molecule has 0 aromatic heterocycles. The van der Waals surface area contributed by atoms with Crippen LogP contribution in [0.4, 0.5) is 5.69 Å². The van der Waals surface area contributed by atoms with Crippen LogP contribution in [-0.2, 0) is 16.0 Å². The van der Waals surface area contributed by atoms with E-state index in [1.165, 1.54) is 0 Å². The molecule has 1 saturated heterocycles. The second-order valence-corrected chi connectivity index (χ2v) is 4.47. The van der Waals surface area contributed by atoms with Gasteiger partial charge in [-0.2, -0.15) is 0 Å². The summed E-state index contributed by atoms with van der Waals surface area (Å²) in [5, 5.41) is 9.15. The number of nitrogens with zero attached hydrogens (tertiary/aromatic N) is 1. The molecule has 2 rings (SSSR count). The number of ether oxygens (including phenoxy) is 1. The van der Waals surface area contributed by atoms with E-state index in [0.29, 0.717) is 13.2 Å². The van der Waals surface area contributed by atoms with Crippen molar-refractivity contribution in [2.24, 2.45) is 0 Å². The number of rotatable bonds is 3. The first-order valence-corrected chi connectivity index (χ1v) is 6.31.